The largest absolute Gasteiger partial charge is 0.495 e. The fourth-order valence-corrected chi connectivity index (χ4v) is 3.56. The number of hydrogen-bond acceptors (Lipinski definition) is 6. The topological polar surface area (TPSA) is 70.5 Å². The third-order valence-electron chi connectivity index (χ3n) is 4.80. The van der Waals surface area contributed by atoms with Gasteiger partial charge in [-0.25, -0.2) is 9.78 Å². The van der Waals surface area contributed by atoms with Crippen LogP contribution in [-0.4, -0.2) is 30.2 Å². The molecule has 0 saturated heterocycles. The molecule has 3 aromatic rings. The first kappa shape index (κ1) is 19.2. The van der Waals surface area contributed by atoms with Crippen LogP contribution < -0.4 is 9.47 Å². The number of hydrogen-bond donors (Lipinski definition) is 0. The van der Waals surface area contributed by atoms with E-state index in [0.29, 0.717) is 33.8 Å². The molecule has 6 nitrogen and oxygen atoms in total. The summed E-state index contributed by atoms with van der Waals surface area (Å²) in [5, 5.41) is 0.495. The van der Waals surface area contributed by atoms with E-state index in [4.69, 9.17) is 30.8 Å². The highest BCUT2D eigenvalue weighted by Crippen LogP contribution is 2.35. The quantitative estimate of drug-likeness (QED) is 0.558. The summed E-state index contributed by atoms with van der Waals surface area (Å²) in [6, 6.07) is 12.2. The van der Waals surface area contributed by atoms with Crippen LogP contribution in [-0.2, 0) is 17.6 Å². The van der Waals surface area contributed by atoms with Gasteiger partial charge in [-0.15, -0.1) is 0 Å². The van der Waals surface area contributed by atoms with Gasteiger partial charge in [0.25, 0.3) is 0 Å². The Bertz CT molecular complexity index is 1070. The zero-order valence-electron chi connectivity index (χ0n) is 16.1. The van der Waals surface area contributed by atoms with Crippen LogP contribution in [0.3, 0.4) is 0 Å². The molecule has 0 bridgehead atoms. The minimum absolute atomic E-state index is 0.391. The van der Waals surface area contributed by atoms with Crippen molar-refractivity contribution in [2.45, 2.75) is 19.3 Å². The number of aryl methyl sites for hydroxylation is 1. The van der Waals surface area contributed by atoms with Crippen LogP contribution in [0.4, 0.5) is 0 Å². The Morgan fingerprint density at radius 3 is 2.52 bits per heavy atom. The van der Waals surface area contributed by atoms with E-state index in [-0.39, 0.29) is 0 Å². The van der Waals surface area contributed by atoms with Crippen LogP contribution in [0.2, 0.25) is 5.02 Å². The summed E-state index contributed by atoms with van der Waals surface area (Å²) in [4.78, 5) is 21.0. The lowest BCUT2D eigenvalue weighted by atomic mass is 10.2. The predicted molar refractivity (Wildman–Crippen MR) is 109 cm³/mol. The maximum absolute atomic E-state index is 11.6. The molecule has 0 N–H and O–H groups in total. The Hall–Kier alpha value is -3.12. The number of rotatable bonds is 5. The second-order valence-corrected chi connectivity index (χ2v) is 7.01. The van der Waals surface area contributed by atoms with E-state index in [2.05, 4.69) is 4.98 Å². The number of ether oxygens (including phenoxy) is 3. The molecule has 0 fully saturated rings. The second kappa shape index (κ2) is 8.09. The minimum Gasteiger partial charge on any atom is -0.495 e. The van der Waals surface area contributed by atoms with Gasteiger partial charge in [-0.3, -0.25) is 0 Å². The summed E-state index contributed by atoms with van der Waals surface area (Å²) in [6.45, 7) is 0. The maximum Gasteiger partial charge on any atom is 0.337 e. The lowest BCUT2D eigenvalue weighted by Gasteiger charge is -2.12. The molecular weight excluding hydrogens is 392 g/mol. The van der Waals surface area contributed by atoms with Crippen molar-refractivity contribution in [3.05, 3.63) is 64.3 Å². The Kier molecular flexibility index (Phi) is 5.36. The highest BCUT2D eigenvalue weighted by Gasteiger charge is 2.22. The van der Waals surface area contributed by atoms with Crippen molar-refractivity contribution < 1.29 is 19.0 Å². The molecule has 29 heavy (non-hydrogen) atoms. The standard InChI is InChI=1S/C22H19ClN2O4/c1-27-19-11-8-14(12-17(19)23)20-24-18-5-3-4-16(18)21(25-20)29-15-9-6-13(7-10-15)22(26)28-2/h6-12H,3-5H2,1-2H3. The first-order chi connectivity index (χ1) is 14.1. The third kappa shape index (κ3) is 3.89. The summed E-state index contributed by atoms with van der Waals surface area (Å²) >= 11 is 6.27. The fraction of sp³-hybridized carbons (Fsp3) is 0.227. The fourth-order valence-electron chi connectivity index (χ4n) is 3.31. The van der Waals surface area contributed by atoms with E-state index >= 15 is 0 Å². The smallest absolute Gasteiger partial charge is 0.337 e. The number of carbonyl (C=O) groups is 1. The molecular formula is C22H19ClN2O4. The van der Waals surface area contributed by atoms with Gasteiger partial charge in [0.1, 0.15) is 11.5 Å². The van der Waals surface area contributed by atoms with Crippen LogP contribution in [0.1, 0.15) is 28.0 Å². The van der Waals surface area contributed by atoms with Crippen molar-refractivity contribution in [3.8, 4) is 28.8 Å². The summed E-state index contributed by atoms with van der Waals surface area (Å²) in [7, 11) is 2.92. The molecule has 0 aliphatic heterocycles. The average molecular weight is 411 g/mol. The molecule has 0 saturated carbocycles. The lowest BCUT2D eigenvalue weighted by molar-refractivity contribution is 0.0600. The summed E-state index contributed by atoms with van der Waals surface area (Å²) in [6.07, 6.45) is 2.76. The molecule has 0 spiro atoms. The zero-order chi connectivity index (χ0) is 20.4. The Morgan fingerprint density at radius 1 is 1.03 bits per heavy atom. The zero-order valence-corrected chi connectivity index (χ0v) is 16.8. The third-order valence-corrected chi connectivity index (χ3v) is 5.09. The Labute approximate surface area is 173 Å². The van der Waals surface area contributed by atoms with Gasteiger partial charge in [0, 0.05) is 11.1 Å². The first-order valence-electron chi connectivity index (χ1n) is 9.19. The molecule has 0 amide bonds. The highest BCUT2D eigenvalue weighted by molar-refractivity contribution is 6.32. The molecule has 1 aliphatic carbocycles. The van der Waals surface area contributed by atoms with Crippen molar-refractivity contribution in [1.82, 2.24) is 9.97 Å². The van der Waals surface area contributed by atoms with Crippen LogP contribution in [0.15, 0.2) is 42.5 Å². The van der Waals surface area contributed by atoms with Gasteiger partial charge >= 0.3 is 5.97 Å². The molecule has 1 aromatic heterocycles. The Morgan fingerprint density at radius 2 is 1.83 bits per heavy atom. The van der Waals surface area contributed by atoms with E-state index in [0.717, 1.165) is 36.1 Å². The van der Waals surface area contributed by atoms with Gasteiger partial charge in [0.05, 0.1) is 30.5 Å². The number of benzene rings is 2. The van der Waals surface area contributed by atoms with Gasteiger partial charge in [0.15, 0.2) is 5.82 Å². The van der Waals surface area contributed by atoms with Gasteiger partial charge in [-0.1, -0.05) is 11.6 Å². The van der Waals surface area contributed by atoms with Crippen molar-refractivity contribution in [2.24, 2.45) is 0 Å². The average Bonchev–Trinajstić information content (AvgIpc) is 3.22. The molecule has 0 radical (unpaired) electrons. The number of halogens is 1. The van der Waals surface area contributed by atoms with E-state index in [1.54, 1.807) is 43.5 Å². The van der Waals surface area contributed by atoms with E-state index in [1.165, 1.54) is 7.11 Å². The monoisotopic (exact) mass is 410 g/mol. The molecule has 4 rings (SSSR count). The predicted octanol–water partition coefficient (Wildman–Crippen LogP) is 4.87. The van der Waals surface area contributed by atoms with E-state index in [9.17, 15) is 4.79 Å². The van der Waals surface area contributed by atoms with Gasteiger partial charge < -0.3 is 14.2 Å². The number of aromatic nitrogens is 2. The number of esters is 1. The molecule has 148 valence electrons. The van der Waals surface area contributed by atoms with Crippen LogP contribution in [0, 0.1) is 0 Å². The normalized spacial score (nSPS) is 12.4. The van der Waals surface area contributed by atoms with E-state index < -0.39 is 5.97 Å². The van der Waals surface area contributed by atoms with Crippen LogP contribution in [0.5, 0.6) is 17.4 Å². The number of nitrogens with zero attached hydrogens (tertiary/aromatic N) is 2. The molecule has 0 unspecified atom stereocenters. The number of methoxy groups -OCH3 is 2. The molecule has 2 aromatic carbocycles. The van der Waals surface area contributed by atoms with Crippen molar-refractivity contribution in [1.29, 1.82) is 0 Å². The van der Waals surface area contributed by atoms with Gasteiger partial charge in [-0.05, 0) is 61.7 Å². The van der Waals surface area contributed by atoms with Crippen molar-refractivity contribution in [2.75, 3.05) is 14.2 Å². The van der Waals surface area contributed by atoms with Crippen molar-refractivity contribution >= 4 is 17.6 Å². The molecule has 7 heteroatoms. The SMILES string of the molecule is COC(=O)c1ccc(Oc2nc(-c3ccc(OC)c(Cl)c3)nc3c2CCC3)cc1. The maximum atomic E-state index is 11.6. The first-order valence-corrected chi connectivity index (χ1v) is 9.56. The van der Waals surface area contributed by atoms with Crippen LogP contribution >= 0.6 is 11.6 Å². The Balaban J connectivity index is 1.68. The highest BCUT2D eigenvalue weighted by atomic mass is 35.5. The van der Waals surface area contributed by atoms with E-state index in [1.807, 2.05) is 6.07 Å². The summed E-state index contributed by atoms with van der Waals surface area (Å²) in [5.41, 5.74) is 3.26. The van der Waals surface area contributed by atoms with Crippen LogP contribution in [0.25, 0.3) is 11.4 Å². The molecule has 1 heterocycles. The molecule has 1 aliphatic rings. The van der Waals surface area contributed by atoms with Crippen molar-refractivity contribution in [3.63, 3.8) is 0 Å². The summed E-state index contributed by atoms with van der Waals surface area (Å²) < 4.78 is 16.0. The van der Waals surface area contributed by atoms with Gasteiger partial charge in [0.2, 0.25) is 5.88 Å². The second-order valence-electron chi connectivity index (χ2n) is 6.60. The number of carbonyl (C=O) groups excluding carboxylic acids is 1. The molecule has 0 atom stereocenters. The summed E-state index contributed by atoms with van der Waals surface area (Å²) in [5.74, 6) is 1.87. The minimum atomic E-state index is -0.391. The van der Waals surface area contributed by atoms with Gasteiger partial charge in [-0.2, -0.15) is 4.98 Å². The lowest BCUT2D eigenvalue weighted by Crippen LogP contribution is -2.02. The number of fused-ring (bicyclic) bond motifs is 1.